The zero-order valence-electron chi connectivity index (χ0n) is 5.84. The SMILES string of the molecule is NC1CCCc2ccsc21. The molecule has 0 spiro atoms. The van der Waals surface area contributed by atoms with Crippen molar-refractivity contribution in [2.75, 3.05) is 0 Å². The molecule has 1 nitrogen and oxygen atoms in total. The van der Waals surface area contributed by atoms with Gasteiger partial charge in [-0.2, -0.15) is 0 Å². The van der Waals surface area contributed by atoms with E-state index in [9.17, 15) is 0 Å². The lowest BCUT2D eigenvalue weighted by molar-refractivity contribution is 0.582. The van der Waals surface area contributed by atoms with Gasteiger partial charge in [-0.25, -0.2) is 0 Å². The molecule has 0 radical (unpaired) electrons. The van der Waals surface area contributed by atoms with Crippen molar-refractivity contribution in [2.45, 2.75) is 25.3 Å². The van der Waals surface area contributed by atoms with E-state index in [2.05, 4.69) is 11.4 Å². The van der Waals surface area contributed by atoms with Crippen LogP contribution < -0.4 is 5.73 Å². The zero-order chi connectivity index (χ0) is 6.97. The summed E-state index contributed by atoms with van der Waals surface area (Å²) in [4.78, 5) is 1.42. The lowest BCUT2D eigenvalue weighted by Gasteiger charge is -2.17. The highest BCUT2D eigenvalue weighted by atomic mass is 32.1. The Labute approximate surface area is 64.9 Å². The fraction of sp³-hybridized carbons (Fsp3) is 0.500. The Hall–Kier alpha value is -0.340. The molecule has 1 atom stereocenters. The Morgan fingerprint density at radius 2 is 2.50 bits per heavy atom. The van der Waals surface area contributed by atoms with E-state index in [1.165, 1.54) is 29.7 Å². The summed E-state index contributed by atoms with van der Waals surface area (Å²) in [5, 5.41) is 2.15. The second-order valence-electron chi connectivity index (χ2n) is 2.81. The number of thiophene rings is 1. The minimum Gasteiger partial charge on any atom is -0.323 e. The summed E-state index contributed by atoms with van der Waals surface area (Å²) in [6, 6.07) is 2.54. The summed E-state index contributed by atoms with van der Waals surface area (Å²) in [5.74, 6) is 0. The average Bonchev–Trinajstić information content (AvgIpc) is 2.36. The molecule has 1 aromatic heterocycles. The Bertz CT molecular complexity index is 229. The van der Waals surface area contributed by atoms with Crippen molar-refractivity contribution in [3.63, 3.8) is 0 Å². The van der Waals surface area contributed by atoms with Crippen LogP contribution in [0, 0.1) is 0 Å². The minimum absolute atomic E-state index is 0.337. The van der Waals surface area contributed by atoms with E-state index in [-0.39, 0.29) is 0 Å². The first-order valence-electron chi connectivity index (χ1n) is 3.70. The van der Waals surface area contributed by atoms with Crippen LogP contribution in [0.5, 0.6) is 0 Å². The third-order valence-corrected chi connectivity index (χ3v) is 3.17. The van der Waals surface area contributed by atoms with Crippen LogP contribution in [-0.4, -0.2) is 0 Å². The highest BCUT2D eigenvalue weighted by Crippen LogP contribution is 2.31. The standard InChI is InChI=1S/C8H11NS/c9-7-3-1-2-6-4-5-10-8(6)7/h4-5,7H,1-3,9H2. The van der Waals surface area contributed by atoms with Crippen LogP contribution in [0.1, 0.15) is 29.3 Å². The molecular weight excluding hydrogens is 142 g/mol. The molecule has 0 amide bonds. The third-order valence-electron chi connectivity index (χ3n) is 2.08. The molecule has 1 aliphatic carbocycles. The van der Waals surface area contributed by atoms with Crippen LogP contribution in [0.2, 0.25) is 0 Å². The van der Waals surface area contributed by atoms with Crippen LogP contribution in [-0.2, 0) is 6.42 Å². The highest BCUT2D eigenvalue weighted by Gasteiger charge is 2.16. The van der Waals surface area contributed by atoms with Crippen molar-refractivity contribution in [3.05, 3.63) is 21.9 Å². The van der Waals surface area contributed by atoms with Crippen molar-refractivity contribution in [1.82, 2.24) is 0 Å². The van der Waals surface area contributed by atoms with Crippen LogP contribution in [0.3, 0.4) is 0 Å². The van der Waals surface area contributed by atoms with Crippen molar-refractivity contribution >= 4 is 11.3 Å². The van der Waals surface area contributed by atoms with Gasteiger partial charge in [0.2, 0.25) is 0 Å². The van der Waals surface area contributed by atoms with Crippen molar-refractivity contribution in [2.24, 2.45) is 5.73 Å². The van der Waals surface area contributed by atoms with Gasteiger partial charge in [0.05, 0.1) is 0 Å². The Kier molecular flexibility index (Phi) is 1.51. The first-order valence-corrected chi connectivity index (χ1v) is 4.58. The smallest absolute Gasteiger partial charge is 0.0392 e. The fourth-order valence-electron chi connectivity index (χ4n) is 1.52. The Morgan fingerprint density at radius 1 is 1.60 bits per heavy atom. The number of fused-ring (bicyclic) bond motifs is 1. The molecule has 2 N–H and O–H groups in total. The second kappa shape index (κ2) is 2.36. The number of nitrogens with two attached hydrogens (primary N) is 1. The highest BCUT2D eigenvalue weighted by molar-refractivity contribution is 7.10. The predicted octanol–water partition coefficient (Wildman–Crippen LogP) is 2.08. The van der Waals surface area contributed by atoms with Gasteiger partial charge in [0.1, 0.15) is 0 Å². The van der Waals surface area contributed by atoms with Crippen LogP contribution >= 0.6 is 11.3 Å². The van der Waals surface area contributed by atoms with Crippen molar-refractivity contribution in [3.8, 4) is 0 Å². The van der Waals surface area contributed by atoms with E-state index in [0.29, 0.717) is 6.04 Å². The summed E-state index contributed by atoms with van der Waals surface area (Å²) < 4.78 is 0. The lowest BCUT2D eigenvalue weighted by Crippen LogP contribution is -2.14. The van der Waals surface area contributed by atoms with Gasteiger partial charge < -0.3 is 5.73 Å². The van der Waals surface area contributed by atoms with Crippen molar-refractivity contribution in [1.29, 1.82) is 0 Å². The quantitative estimate of drug-likeness (QED) is 0.606. The van der Waals surface area contributed by atoms with Gasteiger partial charge in [0.15, 0.2) is 0 Å². The predicted molar refractivity (Wildman–Crippen MR) is 44.2 cm³/mol. The maximum Gasteiger partial charge on any atom is 0.0392 e. The van der Waals surface area contributed by atoms with Gasteiger partial charge in [0.25, 0.3) is 0 Å². The van der Waals surface area contributed by atoms with E-state index in [1.807, 2.05) is 11.3 Å². The Balaban J connectivity index is 2.41. The minimum atomic E-state index is 0.337. The molecule has 0 aromatic carbocycles. The van der Waals surface area contributed by atoms with Gasteiger partial charge in [0, 0.05) is 10.9 Å². The maximum atomic E-state index is 5.90. The molecule has 0 aliphatic heterocycles. The van der Waals surface area contributed by atoms with E-state index in [4.69, 9.17) is 5.73 Å². The third kappa shape index (κ3) is 0.879. The van der Waals surface area contributed by atoms with Crippen LogP contribution in [0.4, 0.5) is 0 Å². The largest absolute Gasteiger partial charge is 0.323 e. The molecule has 0 fully saturated rings. The Morgan fingerprint density at radius 3 is 3.30 bits per heavy atom. The summed E-state index contributed by atoms with van der Waals surface area (Å²) >= 11 is 1.81. The molecule has 2 rings (SSSR count). The van der Waals surface area contributed by atoms with Gasteiger partial charge in [-0.05, 0) is 36.3 Å². The molecular formula is C8H11NS. The molecule has 2 heteroatoms. The monoisotopic (exact) mass is 153 g/mol. The zero-order valence-corrected chi connectivity index (χ0v) is 6.66. The van der Waals surface area contributed by atoms with E-state index < -0.39 is 0 Å². The molecule has 10 heavy (non-hydrogen) atoms. The molecule has 54 valence electrons. The van der Waals surface area contributed by atoms with Crippen LogP contribution in [0.15, 0.2) is 11.4 Å². The number of aryl methyl sites for hydroxylation is 1. The first-order chi connectivity index (χ1) is 4.88. The molecule has 1 aromatic rings. The van der Waals surface area contributed by atoms with E-state index in [0.717, 1.165) is 0 Å². The van der Waals surface area contributed by atoms with Gasteiger partial charge in [-0.3, -0.25) is 0 Å². The van der Waals surface area contributed by atoms with Crippen molar-refractivity contribution < 1.29 is 0 Å². The maximum absolute atomic E-state index is 5.90. The lowest BCUT2D eigenvalue weighted by atomic mass is 9.96. The normalized spacial score (nSPS) is 24.3. The molecule has 0 saturated carbocycles. The number of hydrogen-bond acceptors (Lipinski definition) is 2. The molecule has 1 heterocycles. The van der Waals surface area contributed by atoms with Gasteiger partial charge in [-0.1, -0.05) is 0 Å². The summed E-state index contributed by atoms with van der Waals surface area (Å²) in [7, 11) is 0. The van der Waals surface area contributed by atoms with E-state index >= 15 is 0 Å². The molecule has 0 saturated heterocycles. The summed E-state index contributed by atoms with van der Waals surface area (Å²) in [6.07, 6.45) is 3.69. The van der Waals surface area contributed by atoms with Crippen LogP contribution in [0.25, 0.3) is 0 Å². The average molecular weight is 153 g/mol. The second-order valence-corrected chi connectivity index (χ2v) is 3.76. The van der Waals surface area contributed by atoms with Gasteiger partial charge in [-0.15, -0.1) is 11.3 Å². The first kappa shape index (κ1) is 6.38. The molecule has 1 unspecified atom stereocenters. The summed E-state index contributed by atoms with van der Waals surface area (Å²) in [5.41, 5.74) is 7.39. The van der Waals surface area contributed by atoms with Gasteiger partial charge >= 0.3 is 0 Å². The number of rotatable bonds is 0. The summed E-state index contributed by atoms with van der Waals surface area (Å²) in [6.45, 7) is 0. The number of hydrogen-bond donors (Lipinski definition) is 1. The molecule has 0 bridgehead atoms. The van der Waals surface area contributed by atoms with E-state index in [1.54, 1.807) is 0 Å². The fourth-order valence-corrected chi connectivity index (χ4v) is 2.52. The topological polar surface area (TPSA) is 26.0 Å². The molecule has 1 aliphatic rings.